The van der Waals surface area contributed by atoms with Gasteiger partial charge >= 0.3 is 28.5 Å². The minimum absolute atomic E-state index is 0.171. The van der Waals surface area contributed by atoms with E-state index in [0.29, 0.717) is 11.0 Å². The van der Waals surface area contributed by atoms with Crippen molar-refractivity contribution in [3.05, 3.63) is 58.3 Å². The number of nitrogens with zero attached hydrogens (tertiary/aromatic N) is 4. The number of aromatic nitrogens is 4. The molecule has 1 N–H and O–H groups in total. The van der Waals surface area contributed by atoms with Crippen LogP contribution in [0.5, 0.6) is 5.88 Å². The molecule has 4 rings (SSSR count). The Hall–Kier alpha value is -4.10. The van der Waals surface area contributed by atoms with E-state index < -0.39 is 110 Å². The summed E-state index contributed by atoms with van der Waals surface area (Å²) in [7, 11) is -9.56. The molecular formula is C38H57F2N5O12SSi2. The average Bonchev–Trinajstić information content (AvgIpc) is 3.63. The number of sulfone groups is 1. The van der Waals surface area contributed by atoms with Gasteiger partial charge in [-0.25, -0.2) is 13.2 Å². The van der Waals surface area contributed by atoms with E-state index in [-0.39, 0.29) is 33.7 Å². The maximum Gasteiger partial charge on any atom is 0.415 e. The van der Waals surface area contributed by atoms with E-state index in [1.165, 1.54) is 24.3 Å². The predicted octanol–water partition coefficient (Wildman–Crippen LogP) is 6.15. The molecule has 0 saturated carbocycles. The van der Waals surface area contributed by atoms with Crippen molar-refractivity contribution in [2.75, 3.05) is 18.5 Å². The van der Waals surface area contributed by atoms with Crippen molar-refractivity contribution in [1.29, 1.82) is 0 Å². The van der Waals surface area contributed by atoms with Crippen LogP contribution in [0.4, 0.5) is 14.6 Å². The maximum absolute atomic E-state index is 16.4. The minimum atomic E-state index is -4.38. The number of hydrogen-bond acceptors (Lipinski definition) is 14. The lowest BCUT2D eigenvalue weighted by atomic mass is 10.1. The first kappa shape index (κ1) is 48.6. The third-order valence-electron chi connectivity index (χ3n) is 11.1. The zero-order valence-electron chi connectivity index (χ0n) is 35.9. The summed E-state index contributed by atoms with van der Waals surface area (Å²) in [5.74, 6) is -6.09. The fraction of sp³-hybridized carbons (Fsp3) is 0.632. The SMILES string of the molecule is CCCC(COc1no[n+]([O-])c1S(=O)(=O)c1ccccc1)OC(=O)CCC(=O)Nc1ccn([C@@H]2O[C@H](CO[Si](C)(C)C(C)(C)C)[C@@H](O[Si](C)(C)C(C)(C)C)C2(F)F)c(=O)n1. The lowest BCUT2D eigenvalue weighted by molar-refractivity contribution is -0.832. The lowest BCUT2D eigenvalue weighted by Gasteiger charge is -2.41. The number of carbonyl (C=O) groups is 2. The van der Waals surface area contributed by atoms with Crippen LogP contribution in [0, 0.1) is 5.21 Å². The third-order valence-corrected chi connectivity index (χ3v) is 21.7. The first-order valence-corrected chi connectivity index (χ1v) is 26.9. The molecule has 0 aliphatic carbocycles. The summed E-state index contributed by atoms with van der Waals surface area (Å²) in [6, 6.07) is 8.26. The van der Waals surface area contributed by atoms with Crippen molar-refractivity contribution in [2.24, 2.45) is 0 Å². The monoisotopic (exact) mass is 901 g/mol. The quantitative estimate of drug-likeness (QED) is 0.0862. The molecule has 0 bridgehead atoms. The molecule has 0 spiro atoms. The molecule has 1 aromatic carbocycles. The molecule has 2 aromatic heterocycles. The highest BCUT2D eigenvalue weighted by molar-refractivity contribution is 7.91. The van der Waals surface area contributed by atoms with Crippen LogP contribution < -0.4 is 20.6 Å². The van der Waals surface area contributed by atoms with Gasteiger partial charge in [0.2, 0.25) is 12.1 Å². The van der Waals surface area contributed by atoms with Crippen LogP contribution in [-0.2, 0) is 37.8 Å². The van der Waals surface area contributed by atoms with Crippen LogP contribution in [0.2, 0.25) is 36.3 Å². The van der Waals surface area contributed by atoms with Gasteiger partial charge in [0.15, 0.2) is 16.6 Å². The molecule has 1 unspecified atom stereocenters. The molecule has 17 nitrogen and oxygen atoms in total. The van der Waals surface area contributed by atoms with Crippen LogP contribution in [-0.4, -0.2) is 89.1 Å². The maximum atomic E-state index is 16.4. The number of alkyl halides is 2. The summed E-state index contributed by atoms with van der Waals surface area (Å²) in [5.41, 5.74) is -1.12. The Morgan fingerprint density at radius 1 is 1.03 bits per heavy atom. The van der Waals surface area contributed by atoms with Gasteiger partial charge in [0.25, 0.3) is 9.84 Å². The van der Waals surface area contributed by atoms with Gasteiger partial charge in [-0.3, -0.25) is 18.8 Å². The van der Waals surface area contributed by atoms with Crippen LogP contribution in [0.15, 0.2) is 61.9 Å². The van der Waals surface area contributed by atoms with Gasteiger partial charge in [0.05, 0.1) is 23.1 Å². The average molecular weight is 902 g/mol. The highest BCUT2D eigenvalue weighted by Crippen LogP contribution is 2.48. The summed E-state index contributed by atoms with van der Waals surface area (Å²) >= 11 is 0. The topological polar surface area (TPSA) is 214 Å². The zero-order valence-corrected chi connectivity index (χ0v) is 38.8. The second-order valence-electron chi connectivity index (χ2n) is 17.7. The van der Waals surface area contributed by atoms with Gasteiger partial charge in [0.1, 0.15) is 30.7 Å². The summed E-state index contributed by atoms with van der Waals surface area (Å²) in [4.78, 5) is 42.1. The lowest BCUT2D eigenvalue weighted by Crippen LogP contribution is -2.53. The van der Waals surface area contributed by atoms with Crippen LogP contribution in [0.25, 0.3) is 0 Å². The van der Waals surface area contributed by atoms with Crippen molar-refractivity contribution < 1.29 is 59.4 Å². The van der Waals surface area contributed by atoms with E-state index in [0.717, 1.165) is 12.3 Å². The molecule has 22 heteroatoms. The standard InChI is InChI=1S/C38H57F2N5O12SSi2/c1-12-16-25(23-52-32-33(45(49)57-43-32)58(50,51)26-17-14-13-15-18-26)54-30(47)20-19-29(46)41-28-21-22-44(35(48)42-28)34-38(39,40)31(56-60(10,11)37(5,6)7)27(55-34)24-53-59(8,9)36(2,3)4/h13-15,17-18,21-22,25,27,31,34H,12,16,19-20,23-24H2,1-11H3,(H,41,42,46,48)/t25?,27-,31-,34-/m1/s1. The Balaban J connectivity index is 1.40. The molecule has 1 aliphatic heterocycles. The number of ether oxygens (including phenoxy) is 3. The molecule has 1 aliphatic rings. The molecule has 3 aromatic rings. The van der Waals surface area contributed by atoms with Gasteiger partial charge in [-0.05, 0) is 65.8 Å². The number of hydrogen-bond donors (Lipinski definition) is 1. The largest absolute Gasteiger partial charge is 0.459 e. The Bertz CT molecular complexity index is 2140. The second kappa shape index (κ2) is 18.5. The normalized spacial score (nSPS) is 19.2. The predicted molar refractivity (Wildman–Crippen MR) is 218 cm³/mol. The summed E-state index contributed by atoms with van der Waals surface area (Å²) in [5, 5.41) is 16.5. The first-order chi connectivity index (χ1) is 27.6. The van der Waals surface area contributed by atoms with Gasteiger partial charge in [-0.1, -0.05) is 73.1 Å². The van der Waals surface area contributed by atoms with Gasteiger partial charge in [-0.2, -0.15) is 13.8 Å². The third kappa shape index (κ3) is 11.2. The van der Waals surface area contributed by atoms with E-state index in [1.54, 1.807) is 13.0 Å². The summed E-state index contributed by atoms with van der Waals surface area (Å²) in [6.45, 7) is 20.8. The number of anilines is 1. The zero-order chi connectivity index (χ0) is 45.1. The molecule has 4 atom stereocenters. The van der Waals surface area contributed by atoms with Crippen LogP contribution in [0.1, 0.15) is 80.4 Å². The molecule has 334 valence electrons. The molecular weight excluding hydrogens is 845 g/mol. The van der Waals surface area contributed by atoms with E-state index in [1.807, 2.05) is 67.7 Å². The molecule has 0 radical (unpaired) electrons. The number of carbonyl (C=O) groups excluding carboxylic acids is 2. The van der Waals surface area contributed by atoms with Crippen molar-refractivity contribution in [3.8, 4) is 5.88 Å². The van der Waals surface area contributed by atoms with Gasteiger partial charge in [0, 0.05) is 12.6 Å². The van der Waals surface area contributed by atoms with E-state index in [9.17, 15) is 28.0 Å². The summed E-state index contributed by atoms with van der Waals surface area (Å²) < 4.78 is 93.5. The number of halogens is 2. The molecule has 3 heterocycles. The van der Waals surface area contributed by atoms with Crippen LogP contribution >= 0.6 is 0 Å². The Morgan fingerprint density at radius 2 is 1.67 bits per heavy atom. The van der Waals surface area contributed by atoms with E-state index in [2.05, 4.69) is 20.1 Å². The minimum Gasteiger partial charge on any atom is -0.459 e. The number of amides is 1. The van der Waals surface area contributed by atoms with Gasteiger partial charge < -0.3 is 33.6 Å². The van der Waals surface area contributed by atoms with E-state index in [4.69, 9.17) is 23.1 Å². The number of nitrogens with one attached hydrogen (secondary N) is 1. The Labute approximate surface area is 350 Å². The smallest absolute Gasteiger partial charge is 0.415 e. The highest BCUT2D eigenvalue weighted by atomic mass is 32.2. The molecule has 1 amide bonds. The Morgan fingerprint density at radius 3 is 2.25 bits per heavy atom. The fourth-order valence-electron chi connectivity index (χ4n) is 5.49. The molecule has 60 heavy (non-hydrogen) atoms. The van der Waals surface area contributed by atoms with Crippen molar-refractivity contribution in [2.45, 2.75) is 151 Å². The van der Waals surface area contributed by atoms with Crippen molar-refractivity contribution >= 4 is 44.2 Å². The number of rotatable bonds is 18. The Kier molecular flexibility index (Phi) is 15.0. The number of esters is 1. The fourth-order valence-corrected chi connectivity index (χ4v) is 9.09. The van der Waals surface area contributed by atoms with Gasteiger partial charge in [-0.15, -0.1) is 0 Å². The first-order valence-electron chi connectivity index (χ1n) is 19.6. The molecule has 1 saturated heterocycles. The highest BCUT2D eigenvalue weighted by Gasteiger charge is 2.63. The number of benzene rings is 1. The van der Waals surface area contributed by atoms with Crippen molar-refractivity contribution in [3.63, 3.8) is 0 Å². The van der Waals surface area contributed by atoms with E-state index >= 15 is 8.78 Å². The second-order valence-corrected chi connectivity index (χ2v) is 29.1. The molecule has 1 fully saturated rings. The van der Waals surface area contributed by atoms with Crippen molar-refractivity contribution in [1.82, 2.24) is 14.7 Å². The van der Waals surface area contributed by atoms with Crippen LogP contribution in [0.3, 0.4) is 0 Å². The summed E-state index contributed by atoms with van der Waals surface area (Å²) in [6.07, 6.45) is -4.92.